The van der Waals surface area contributed by atoms with E-state index in [9.17, 15) is 4.79 Å². The lowest BCUT2D eigenvalue weighted by Crippen LogP contribution is -2.17. The fourth-order valence-electron chi connectivity index (χ4n) is 2.25. The Bertz CT molecular complexity index is 884. The Balaban J connectivity index is 1.73. The van der Waals surface area contributed by atoms with E-state index in [1.165, 1.54) is 0 Å². The zero-order valence-electron chi connectivity index (χ0n) is 13.0. The molecule has 0 saturated carbocycles. The first kappa shape index (κ1) is 16.0. The van der Waals surface area contributed by atoms with E-state index in [0.29, 0.717) is 10.6 Å². The average Bonchev–Trinajstić information content (AvgIpc) is 3.04. The third-order valence-electron chi connectivity index (χ3n) is 3.45. The van der Waals surface area contributed by atoms with E-state index >= 15 is 0 Å². The van der Waals surface area contributed by atoms with Crippen molar-refractivity contribution in [3.8, 4) is 11.3 Å². The van der Waals surface area contributed by atoms with E-state index < -0.39 is 0 Å². The zero-order chi connectivity index (χ0) is 16.9. The van der Waals surface area contributed by atoms with Gasteiger partial charge >= 0.3 is 0 Å². The van der Waals surface area contributed by atoms with Crippen LogP contribution < -0.4 is 5.43 Å². The minimum atomic E-state index is -0.258. The highest BCUT2D eigenvalue weighted by molar-refractivity contribution is 6.30. The molecule has 1 amide bonds. The van der Waals surface area contributed by atoms with Crippen LogP contribution >= 0.6 is 11.6 Å². The van der Waals surface area contributed by atoms with Gasteiger partial charge < -0.3 is 0 Å². The molecule has 0 atom stereocenters. The molecular weight excluding hydrogens is 324 g/mol. The van der Waals surface area contributed by atoms with E-state index in [2.05, 4.69) is 20.7 Å². The van der Waals surface area contributed by atoms with Crippen molar-refractivity contribution < 1.29 is 4.79 Å². The van der Waals surface area contributed by atoms with Crippen molar-refractivity contribution in [2.24, 2.45) is 5.10 Å². The maximum atomic E-state index is 12.1. The number of nitrogens with zero attached hydrogens (tertiary/aromatic N) is 2. The average molecular weight is 339 g/mol. The minimum Gasteiger partial charge on any atom is -0.277 e. The zero-order valence-corrected chi connectivity index (χ0v) is 13.7. The number of aromatic amines is 1. The molecule has 0 unspecified atom stereocenters. The summed E-state index contributed by atoms with van der Waals surface area (Å²) in [5, 5.41) is 11.6. The third-order valence-corrected chi connectivity index (χ3v) is 3.70. The Morgan fingerprint density at radius 1 is 1.25 bits per heavy atom. The molecule has 0 aliphatic carbocycles. The van der Waals surface area contributed by atoms with Gasteiger partial charge in [0.15, 0.2) is 0 Å². The van der Waals surface area contributed by atoms with Gasteiger partial charge in [0.25, 0.3) is 5.91 Å². The number of hydrazone groups is 1. The Kier molecular flexibility index (Phi) is 4.72. The molecule has 5 nitrogen and oxygen atoms in total. The first-order chi connectivity index (χ1) is 11.6. The standard InChI is InChI=1S/C18H15ClN4O/c1-12-3-2-4-14(9-12)18(24)23-21-11-15-10-20-22-17(15)13-5-7-16(19)8-6-13/h2-11H,1H3,(H,20,22)(H,23,24)/b21-11+. The van der Waals surface area contributed by atoms with Gasteiger partial charge in [-0.15, -0.1) is 0 Å². The number of hydrogen-bond donors (Lipinski definition) is 2. The first-order valence-corrected chi connectivity index (χ1v) is 7.70. The molecule has 120 valence electrons. The van der Waals surface area contributed by atoms with Crippen LogP contribution in [0.3, 0.4) is 0 Å². The number of H-pyrrole nitrogens is 1. The molecule has 24 heavy (non-hydrogen) atoms. The van der Waals surface area contributed by atoms with Crippen molar-refractivity contribution in [2.45, 2.75) is 6.92 Å². The molecule has 0 radical (unpaired) electrons. The van der Waals surface area contributed by atoms with Gasteiger partial charge in [-0.05, 0) is 31.2 Å². The number of aryl methyl sites for hydroxylation is 1. The summed E-state index contributed by atoms with van der Waals surface area (Å²) in [6.07, 6.45) is 3.20. The van der Waals surface area contributed by atoms with Crippen LogP contribution in [-0.4, -0.2) is 22.3 Å². The molecule has 0 spiro atoms. The molecule has 0 fully saturated rings. The lowest BCUT2D eigenvalue weighted by Gasteiger charge is -2.01. The second-order valence-corrected chi connectivity index (χ2v) is 5.71. The minimum absolute atomic E-state index is 0.258. The lowest BCUT2D eigenvalue weighted by atomic mass is 10.1. The van der Waals surface area contributed by atoms with Gasteiger partial charge in [0, 0.05) is 21.7 Å². The van der Waals surface area contributed by atoms with Gasteiger partial charge in [-0.2, -0.15) is 10.2 Å². The topological polar surface area (TPSA) is 70.1 Å². The molecule has 1 aromatic heterocycles. The molecule has 0 saturated heterocycles. The Morgan fingerprint density at radius 3 is 2.79 bits per heavy atom. The summed E-state index contributed by atoms with van der Waals surface area (Å²) in [5.41, 5.74) is 6.61. The van der Waals surface area contributed by atoms with Crippen LogP contribution in [0.15, 0.2) is 59.8 Å². The number of carbonyl (C=O) groups is 1. The summed E-state index contributed by atoms with van der Waals surface area (Å²) in [5.74, 6) is -0.258. The van der Waals surface area contributed by atoms with Gasteiger partial charge in [0.05, 0.1) is 18.1 Å². The smallest absolute Gasteiger partial charge is 0.271 e. The highest BCUT2D eigenvalue weighted by Gasteiger charge is 2.07. The number of rotatable bonds is 4. The van der Waals surface area contributed by atoms with Crippen LogP contribution in [0, 0.1) is 6.92 Å². The van der Waals surface area contributed by atoms with Crippen LogP contribution in [0.5, 0.6) is 0 Å². The number of aromatic nitrogens is 2. The maximum Gasteiger partial charge on any atom is 0.271 e. The molecule has 1 heterocycles. The Labute approximate surface area is 144 Å². The van der Waals surface area contributed by atoms with Crippen molar-refractivity contribution in [1.82, 2.24) is 15.6 Å². The number of halogens is 1. The van der Waals surface area contributed by atoms with Crippen molar-refractivity contribution in [2.75, 3.05) is 0 Å². The van der Waals surface area contributed by atoms with Gasteiger partial charge in [-0.1, -0.05) is 41.4 Å². The molecule has 0 bridgehead atoms. The van der Waals surface area contributed by atoms with Gasteiger partial charge in [0.1, 0.15) is 0 Å². The van der Waals surface area contributed by atoms with Gasteiger partial charge in [0.2, 0.25) is 0 Å². The molecule has 0 aliphatic rings. The Hall–Kier alpha value is -2.92. The van der Waals surface area contributed by atoms with Crippen molar-refractivity contribution in [1.29, 1.82) is 0 Å². The number of benzene rings is 2. The van der Waals surface area contributed by atoms with Gasteiger partial charge in [-0.25, -0.2) is 5.43 Å². The molecular formula is C18H15ClN4O. The predicted molar refractivity (Wildman–Crippen MR) is 95.3 cm³/mol. The Morgan fingerprint density at radius 2 is 2.04 bits per heavy atom. The fraction of sp³-hybridized carbons (Fsp3) is 0.0556. The van der Waals surface area contributed by atoms with Crippen molar-refractivity contribution in [3.63, 3.8) is 0 Å². The monoisotopic (exact) mass is 338 g/mol. The molecule has 3 aromatic rings. The van der Waals surface area contributed by atoms with Gasteiger partial charge in [-0.3, -0.25) is 9.89 Å². The van der Waals surface area contributed by atoms with E-state index in [1.807, 2.05) is 37.3 Å². The lowest BCUT2D eigenvalue weighted by molar-refractivity contribution is 0.0955. The number of carbonyl (C=O) groups excluding carboxylic acids is 1. The number of nitrogens with one attached hydrogen (secondary N) is 2. The molecule has 2 aromatic carbocycles. The van der Waals surface area contributed by atoms with Crippen molar-refractivity contribution >= 4 is 23.7 Å². The third kappa shape index (κ3) is 3.70. The second-order valence-electron chi connectivity index (χ2n) is 5.28. The second kappa shape index (κ2) is 7.10. The molecule has 2 N–H and O–H groups in total. The molecule has 0 aliphatic heterocycles. The first-order valence-electron chi connectivity index (χ1n) is 7.33. The SMILES string of the molecule is Cc1cccc(C(=O)N/N=C/c2cn[nH]c2-c2ccc(Cl)cc2)c1. The summed E-state index contributed by atoms with van der Waals surface area (Å²) >= 11 is 5.90. The van der Waals surface area contributed by atoms with Crippen LogP contribution in [0.25, 0.3) is 11.3 Å². The summed E-state index contributed by atoms with van der Waals surface area (Å²) in [6.45, 7) is 1.93. The van der Waals surface area contributed by atoms with Crippen LogP contribution in [-0.2, 0) is 0 Å². The van der Waals surface area contributed by atoms with E-state index in [1.54, 1.807) is 30.6 Å². The highest BCUT2D eigenvalue weighted by atomic mass is 35.5. The maximum absolute atomic E-state index is 12.1. The van der Waals surface area contributed by atoms with E-state index in [-0.39, 0.29) is 5.91 Å². The highest BCUT2D eigenvalue weighted by Crippen LogP contribution is 2.21. The summed E-state index contributed by atoms with van der Waals surface area (Å²) in [6, 6.07) is 14.7. The summed E-state index contributed by atoms with van der Waals surface area (Å²) in [7, 11) is 0. The van der Waals surface area contributed by atoms with E-state index in [4.69, 9.17) is 11.6 Å². The van der Waals surface area contributed by atoms with Crippen LogP contribution in [0.1, 0.15) is 21.5 Å². The predicted octanol–water partition coefficient (Wildman–Crippen LogP) is 3.80. The summed E-state index contributed by atoms with van der Waals surface area (Å²) in [4.78, 5) is 12.1. The quantitative estimate of drug-likeness (QED) is 0.561. The fourth-order valence-corrected chi connectivity index (χ4v) is 2.38. The van der Waals surface area contributed by atoms with E-state index in [0.717, 1.165) is 22.4 Å². The van der Waals surface area contributed by atoms with Crippen LogP contribution in [0.4, 0.5) is 0 Å². The van der Waals surface area contributed by atoms with Crippen LogP contribution in [0.2, 0.25) is 5.02 Å². The number of hydrogen-bond acceptors (Lipinski definition) is 3. The molecule has 3 rings (SSSR count). The summed E-state index contributed by atoms with van der Waals surface area (Å²) < 4.78 is 0. The largest absolute Gasteiger partial charge is 0.277 e. The normalized spacial score (nSPS) is 10.9. The molecule has 6 heteroatoms. The number of amides is 1. The van der Waals surface area contributed by atoms with Crippen molar-refractivity contribution in [3.05, 3.63) is 76.4 Å².